The molecule has 4 heteroatoms. The molecule has 1 fully saturated rings. The van der Waals surface area contributed by atoms with Crippen LogP contribution in [0.1, 0.15) is 61.3 Å². The van der Waals surface area contributed by atoms with Crippen LogP contribution in [0.15, 0.2) is 0 Å². The number of ether oxygens (including phenoxy) is 1. The van der Waals surface area contributed by atoms with Crippen molar-refractivity contribution in [3.8, 4) is 0 Å². The van der Waals surface area contributed by atoms with Gasteiger partial charge in [0.05, 0.1) is 0 Å². The molecule has 0 bridgehead atoms. The lowest BCUT2D eigenvalue weighted by Crippen LogP contribution is -2.34. The summed E-state index contributed by atoms with van der Waals surface area (Å²) in [5.74, 6) is 0.881. The van der Waals surface area contributed by atoms with E-state index in [9.17, 15) is 0 Å². The fourth-order valence-electron chi connectivity index (χ4n) is 3.23. The van der Waals surface area contributed by atoms with Crippen LogP contribution in [0.5, 0.6) is 0 Å². The predicted octanol–water partition coefficient (Wildman–Crippen LogP) is 2.79. The number of hydrogen-bond acceptors (Lipinski definition) is 4. The van der Waals surface area contributed by atoms with E-state index in [4.69, 9.17) is 20.4 Å². The van der Waals surface area contributed by atoms with Gasteiger partial charge in [-0.25, -0.2) is 9.97 Å². The van der Waals surface area contributed by atoms with Crippen molar-refractivity contribution in [3.05, 3.63) is 22.8 Å². The lowest BCUT2D eigenvalue weighted by molar-refractivity contribution is -0.0517. The molecule has 112 valence electrons. The highest BCUT2D eigenvalue weighted by molar-refractivity contribution is 5.26. The van der Waals surface area contributed by atoms with Crippen LogP contribution >= 0.6 is 0 Å². The van der Waals surface area contributed by atoms with Gasteiger partial charge in [0.25, 0.3) is 0 Å². The van der Waals surface area contributed by atoms with Crippen molar-refractivity contribution in [3.63, 3.8) is 0 Å². The molecule has 1 aliphatic carbocycles. The summed E-state index contributed by atoms with van der Waals surface area (Å²) in [5, 5.41) is 0. The molecule has 4 nitrogen and oxygen atoms in total. The van der Waals surface area contributed by atoms with E-state index in [1.54, 1.807) is 7.11 Å². The minimum atomic E-state index is -0.264. The van der Waals surface area contributed by atoms with Gasteiger partial charge in [0.15, 0.2) is 5.82 Å². The third kappa shape index (κ3) is 3.01. The molecule has 0 aromatic carbocycles. The molecule has 1 aromatic heterocycles. The van der Waals surface area contributed by atoms with Gasteiger partial charge in [-0.15, -0.1) is 0 Å². The van der Waals surface area contributed by atoms with Crippen molar-refractivity contribution >= 4 is 0 Å². The zero-order chi connectivity index (χ0) is 14.6. The molecule has 1 aromatic rings. The number of rotatable bonds is 5. The van der Waals surface area contributed by atoms with Gasteiger partial charge in [0.2, 0.25) is 0 Å². The number of nitrogens with zero attached hydrogens (tertiary/aromatic N) is 2. The summed E-state index contributed by atoms with van der Waals surface area (Å²) in [4.78, 5) is 9.55. The summed E-state index contributed by atoms with van der Waals surface area (Å²) in [6.07, 6.45) is 7.70. The highest BCUT2D eigenvalue weighted by Gasteiger charge is 2.37. The molecule has 1 saturated carbocycles. The third-order valence-electron chi connectivity index (χ3n) is 4.51. The zero-order valence-corrected chi connectivity index (χ0v) is 13.0. The first-order chi connectivity index (χ1) is 9.63. The molecule has 0 atom stereocenters. The number of nitrogens with two attached hydrogens (primary N) is 1. The monoisotopic (exact) mass is 277 g/mol. The maximum Gasteiger partial charge on any atom is 0.160 e. The van der Waals surface area contributed by atoms with Gasteiger partial charge in [0, 0.05) is 18.5 Å². The predicted molar refractivity (Wildman–Crippen MR) is 80.7 cm³/mol. The van der Waals surface area contributed by atoms with Crippen molar-refractivity contribution < 1.29 is 4.74 Å². The Labute approximate surface area is 122 Å². The van der Waals surface area contributed by atoms with Crippen LogP contribution in [-0.2, 0) is 16.8 Å². The molecule has 2 N–H and O–H groups in total. The Balaban J connectivity index is 2.32. The van der Waals surface area contributed by atoms with Crippen molar-refractivity contribution in [2.75, 3.05) is 13.7 Å². The van der Waals surface area contributed by atoms with Crippen LogP contribution in [0, 0.1) is 13.8 Å². The van der Waals surface area contributed by atoms with Crippen molar-refractivity contribution in [2.24, 2.45) is 5.73 Å². The van der Waals surface area contributed by atoms with E-state index in [1.807, 2.05) is 0 Å². The van der Waals surface area contributed by atoms with Crippen molar-refractivity contribution in [2.45, 2.75) is 64.4 Å². The van der Waals surface area contributed by atoms with Crippen LogP contribution in [0.25, 0.3) is 0 Å². The fourth-order valence-corrected chi connectivity index (χ4v) is 3.23. The Hall–Kier alpha value is -1.00. The van der Waals surface area contributed by atoms with Gasteiger partial charge in [-0.1, -0.05) is 19.3 Å². The molecule has 0 saturated heterocycles. The lowest BCUT2D eigenvalue weighted by atomic mass is 9.83. The first kappa shape index (κ1) is 15.4. The second kappa shape index (κ2) is 6.64. The molecule has 20 heavy (non-hydrogen) atoms. The molecule has 0 aliphatic heterocycles. The summed E-state index contributed by atoms with van der Waals surface area (Å²) in [5.41, 5.74) is 8.76. The Kier molecular flexibility index (Phi) is 5.11. The smallest absolute Gasteiger partial charge is 0.160 e. The normalized spacial score (nSPS) is 18.2. The highest BCUT2D eigenvalue weighted by atomic mass is 16.5. The minimum Gasteiger partial charge on any atom is -0.370 e. The van der Waals surface area contributed by atoms with Crippen LogP contribution in [0.3, 0.4) is 0 Å². The van der Waals surface area contributed by atoms with Gasteiger partial charge in [-0.3, -0.25) is 0 Å². The molecular weight excluding hydrogens is 250 g/mol. The Morgan fingerprint density at radius 3 is 2.20 bits per heavy atom. The third-order valence-corrected chi connectivity index (χ3v) is 4.51. The van der Waals surface area contributed by atoms with E-state index in [1.165, 1.54) is 24.8 Å². The van der Waals surface area contributed by atoms with Gasteiger partial charge in [-0.05, 0) is 51.6 Å². The maximum absolute atomic E-state index is 5.85. The summed E-state index contributed by atoms with van der Waals surface area (Å²) in [7, 11) is 1.79. The fraction of sp³-hybridized carbons (Fsp3) is 0.750. The van der Waals surface area contributed by atoms with E-state index < -0.39 is 0 Å². The molecule has 2 rings (SSSR count). The first-order valence-corrected chi connectivity index (χ1v) is 7.73. The van der Waals surface area contributed by atoms with Crippen LogP contribution in [0.4, 0.5) is 0 Å². The molecule has 0 unspecified atom stereocenters. The second-order valence-corrected chi connectivity index (χ2v) is 5.85. The van der Waals surface area contributed by atoms with Gasteiger partial charge in [0.1, 0.15) is 5.60 Å². The zero-order valence-electron chi connectivity index (χ0n) is 13.0. The van der Waals surface area contributed by atoms with E-state index in [0.29, 0.717) is 6.54 Å². The minimum absolute atomic E-state index is 0.264. The van der Waals surface area contributed by atoms with Crippen molar-refractivity contribution in [1.82, 2.24) is 9.97 Å². The van der Waals surface area contributed by atoms with E-state index in [0.717, 1.165) is 42.9 Å². The summed E-state index contributed by atoms with van der Waals surface area (Å²) in [6, 6.07) is 0. The van der Waals surface area contributed by atoms with E-state index >= 15 is 0 Å². The van der Waals surface area contributed by atoms with Crippen LogP contribution < -0.4 is 5.73 Å². The molecule has 0 radical (unpaired) electrons. The number of aryl methyl sites for hydroxylation is 2. The lowest BCUT2D eigenvalue weighted by Gasteiger charge is -2.35. The Bertz CT molecular complexity index is 430. The summed E-state index contributed by atoms with van der Waals surface area (Å²) >= 11 is 0. The SMILES string of the molecule is COC1(c2nc(C)c(CCCN)c(C)n2)CCCCC1. The molecule has 0 spiro atoms. The maximum atomic E-state index is 5.85. The Morgan fingerprint density at radius 2 is 1.70 bits per heavy atom. The van der Waals surface area contributed by atoms with Gasteiger partial charge >= 0.3 is 0 Å². The first-order valence-electron chi connectivity index (χ1n) is 7.73. The highest BCUT2D eigenvalue weighted by Crippen LogP contribution is 2.38. The average Bonchev–Trinajstić information content (AvgIpc) is 2.47. The summed E-state index contributed by atoms with van der Waals surface area (Å²) in [6.45, 7) is 4.87. The molecular formula is C16H27N3O. The van der Waals surface area contributed by atoms with E-state index in [-0.39, 0.29) is 5.60 Å². The summed E-state index contributed by atoms with van der Waals surface area (Å²) < 4.78 is 5.85. The molecule has 0 amide bonds. The molecule has 1 aliphatic rings. The van der Waals surface area contributed by atoms with Crippen molar-refractivity contribution in [1.29, 1.82) is 0 Å². The quantitative estimate of drug-likeness (QED) is 0.899. The topological polar surface area (TPSA) is 61.0 Å². The van der Waals surface area contributed by atoms with Gasteiger partial charge < -0.3 is 10.5 Å². The number of aromatic nitrogens is 2. The van der Waals surface area contributed by atoms with Crippen LogP contribution in [-0.4, -0.2) is 23.6 Å². The average molecular weight is 277 g/mol. The van der Waals surface area contributed by atoms with Crippen LogP contribution in [0.2, 0.25) is 0 Å². The Morgan fingerprint density at radius 1 is 1.10 bits per heavy atom. The molecule has 1 heterocycles. The number of hydrogen-bond donors (Lipinski definition) is 1. The van der Waals surface area contributed by atoms with Gasteiger partial charge in [-0.2, -0.15) is 0 Å². The standard InChI is InChI=1S/C16H27N3O/c1-12-14(8-7-11-17)13(2)19-15(18-12)16(20-3)9-5-4-6-10-16/h4-11,17H2,1-3H3. The largest absolute Gasteiger partial charge is 0.370 e. The van der Waals surface area contributed by atoms with E-state index in [2.05, 4.69) is 13.8 Å². The second-order valence-electron chi connectivity index (χ2n) is 5.85. The number of methoxy groups -OCH3 is 1.